The summed E-state index contributed by atoms with van der Waals surface area (Å²) in [6.45, 7) is 5.66. The molecule has 0 spiro atoms. The molecule has 0 aliphatic carbocycles. The lowest BCUT2D eigenvalue weighted by atomic mass is 10.2. The van der Waals surface area contributed by atoms with Gasteiger partial charge in [-0.15, -0.1) is 35.3 Å². The second-order valence-electron chi connectivity index (χ2n) is 5.80. The minimum absolute atomic E-state index is 0. The van der Waals surface area contributed by atoms with E-state index in [-0.39, 0.29) is 24.0 Å². The van der Waals surface area contributed by atoms with Crippen molar-refractivity contribution in [2.24, 2.45) is 4.99 Å². The van der Waals surface area contributed by atoms with Gasteiger partial charge in [0.2, 0.25) is 0 Å². The lowest BCUT2D eigenvalue weighted by Crippen LogP contribution is -2.30. The SMILES string of the molecule is CCNC(=NCCCCc1nc(C)cs1)Nc1ccc(OC)c(OC)c1.I. The summed E-state index contributed by atoms with van der Waals surface area (Å²) in [6.07, 6.45) is 3.14. The molecule has 8 heteroatoms. The van der Waals surface area contributed by atoms with E-state index in [2.05, 4.69) is 32.9 Å². The number of thiazole rings is 1. The van der Waals surface area contributed by atoms with Crippen LogP contribution in [0.4, 0.5) is 5.69 Å². The van der Waals surface area contributed by atoms with Crippen LogP contribution in [0.25, 0.3) is 0 Å². The Bertz CT molecular complexity index is 721. The quantitative estimate of drug-likeness (QED) is 0.228. The third-order valence-corrected chi connectivity index (χ3v) is 4.75. The molecule has 0 saturated carbocycles. The number of unbranched alkanes of at least 4 members (excludes halogenated alkanes) is 1. The van der Waals surface area contributed by atoms with Gasteiger partial charge >= 0.3 is 0 Å². The summed E-state index contributed by atoms with van der Waals surface area (Å²) in [7, 11) is 3.26. The molecule has 150 valence electrons. The van der Waals surface area contributed by atoms with Crippen LogP contribution in [0, 0.1) is 6.92 Å². The first-order valence-corrected chi connectivity index (χ1v) is 9.72. The molecule has 0 saturated heterocycles. The van der Waals surface area contributed by atoms with Crippen molar-refractivity contribution in [3.05, 3.63) is 34.3 Å². The number of benzene rings is 1. The average molecular weight is 504 g/mol. The minimum atomic E-state index is 0. The number of ether oxygens (including phenoxy) is 2. The van der Waals surface area contributed by atoms with Gasteiger partial charge < -0.3 is 20.1 Å². The fourth-order valence-electron chi connectivity index (χ4n) is 2.45. The molecular weight excluding hydrogens is 475 g/mol. The monoisotopic (exact) mass is 504 g/mol. The average Bonchev–Trinajstić information content (AvgIpc) is 3.06. The van der Waals surface area contributed by atoms with Crippen LogP contribution in [0.3, 0.4) is 0 Å². The first-order chi connectivity index (χ1) is 12.7. The molecule has 1 aromatic heterocycles. The summed E-state index contributed by atoms with van der Waals surface area (Å²) in [6, 6.07) is 5.72. The summed E-state index contributed by atoms with van der Waals surface area (Å²) in [5, 5.41) is 9.89. The Morgan fingerprint density at radius 1 is 1.19 bits per heavy atom. The van der Waals surface area contributed by atoms with E-state index in [1.165, 1.54) is 5.01 Å². The predicted octanol–water partition coefficient (Wildman–Crippen LogP) is 4.49. The van der Waals surface area contributed by atoms with Crippen LogP contribution in [0.1, 0.15) is 30.5 Å². The van der Waals surface area contributed by atoms with Crippen molar-refractivity contribution < 1.29 is 9.47 Å². The van der Waals surface area contributed by atoms with Crippen LogP contribution in [-0.2, 0) is 6.42 Å². The van der Waals surface area contributed by atoms with Gasteiger partial charge in [0.25, 0.3) is 0 Å². The third-order valence-electron chi connectivity index (χ3n) is 3.73. The van der Waals surface area contributed by atoms with Crippen molar-refractivity contribution in [3.8, 4) is 11.5 Å². The molecule has 1 heterocycles. The maximum Gasteiger partial charge on any atom is 0.195 e. The number of nitrogens with zero attached hydrogens (tertiary/aromatic N) is 2. The summed E-state index contributed by atoms with van der Waals surface area (Å²) >= 11 is 1.74. The molecule has 0 bridgehead atoms. The molecule has 2 aromatic rings. The number of aliphatic imine (C=N–C) groups is 1. The van der Waals surface area contributed by atoms with Crippen LogP contribution in [-0.4, -0.2) is 38.3 Å². The Balaban J connectivity index is 0.00000364. The number of hydrogen-bond donors (Lipinski definition) is 2. The highest BCUT2D eigenvalue weighted by molar-refractivity contribution is 14.0. The van der Waals surface area contributed by atoms with Crippen molar-refractivity contribution in [2.45, 2.75) is 33.1 Å². The van der Waals surface area contributed by atoms with Gasteiger partial charge in [0.05, 0.1) is 19.2 Å². The number of hydrogen-bond acceptors (Lipinski definition) is 5. The number of guanidine groups is 1. The molecule has 0 aliphatic heterocycles. The molecule has 0 amide bonds. The van der Waals surface area contributed by atoms with E-state index in [4.69, 9.17) is 9.47 Å². The van der Waals surface area contributed by atoms with Gasteiger partial charge in [0.1, 0.15) is 0 Å². The Kier molecular flexibility index (Phi) is 11.1. The molecule has 0 radical (unpaired) electrons. The first-order valence-electron chi connectivity index (χ1n) is 8.84. The molecule has 6 nitrogen and oxygen atoms in total. The lowest BCUT2D eigenvalue weighted by Gasteiger charge is -2.13. The first kappa shape index (κ1) is 23.5. The Labute approximate surface area is 182 Å². The molecule has 0 atom stereocenters. The zero-order valence-electron chi connectivity index (χ0n) is 16.4. The number of nitrogens with one attached hydrogen (secondary N) is 2. The van der Waals surface area contributed by atoms with Crippen LogP contribution < -0.4 is 20.1 Å². The highest BCUT2D eigenvalue weighted by Gasteiger charge is 2.06. The summed E-state index contributed by atoms with van der Waals surface area (Å²) in [4.78, 5) is 9.14. The molecule has 27 heavy (non-hydrogen) atoms. The van der Waals surface area contributed by atoms with E-state index >= 15 is 0 Å². The summed E-state index contributed by atoms with van der Waals surface area (Å²) in [5.74, 6) is 2.16. The number of aromatic nitrogens is 1. The third kappa shape index (κ3) is 7.92. The zero-order valence-corrected chi connectivity index (χ0v) is 19.5. The van der Waals surface area contributed by atoms with E-state index < -0.39 is 0 Å². The zero-order chi connectivity index (χ0) is 18.8. The maximum atomic E-state index is 5.35. The molecular formula is C19H29IN4O2S. The number of halogens is 1. The van der Waals surface area contributed by atoms with Gasteiger partial charge in [0, 0.05) is 35.9 Å². The van der Waals surface area contributed by atoms with E-state index in [9.17, 15) is 0 Å². The fraction of sp³-hybridized carbons (Fsp3) is 0.474. The minimum Gasteiger partial charge on any atom is -0.493 e. The number of methoxy groups -OCH3 is 2. The number of aryl methyl sites for hydroxylation is 2. The molecule has 2 rings (SSSR count). The van der Waals surface area contributed by atoms with E-state index in [1.807, 2.05) is 25.1 Å². The highest BCUT2D eigenvalue weighted by Crippen LogP contribution is 2.29. The van der Waals surface area contributed by atoms with E-state index in [1.54, 1.807) is 25.6 Å². The van der Waals surface area contributed by atoms with Gasteiger partial charge in [-0.25, -0.2) is 4.98 Å². The predicted molar refractivity (Wildman–Crippen MR) is 124 cm³/mol. The fourth-order valence-corrected chi connectivity index (χ4v) is 3.27. The van der Waals surface area contributed by atoms with E-state index in [0.29, 0.717) is 11.5 Å². The van der Waals surface area contributed by atoms with Crippen molar-refractivity contribution in [1.82, 2.24) is 10.3 Å². The van der Waals surface area contributed by atoms with Crippen molar-refractivity contribution in [1.29, 1.82) is 0 Å². The smallest absolute Gasteiger partial charge is 0.195 e. The van der Waals surface area contributed by atoms with Gasteiger partial charge in [-0.2, -0.15) is 0 Å². The van der Waals surface area contributed by atoms with Gasteiger partial charge in [0.15, 0.2) is 17.5 Å². The topological polar surface area (TPSA) is 67.8 Å². The van der Waals surface area contributed by atoms with Crippen LogP contribution in [0.15, 0.2) is 28.6 Å². The van der Waals surface area contributed by atoms with Crippen molar-refractivity contribution >= 4 is 47.0 Å². The van der Waals surface area contributed by atoms with Gasteiger partial charge in [-0.3, -0.25) is 4.99 Å². The number of rotatable bonds is 9. The Hall–Kier alpha value is -1.55. The van der Waals surface area contributed by atoms with Crippen molar-refractivity contribution in [2.75, 3.05) is 32.6 Å². The van der Waals surface area contributed by atoms with Crippen molar-refractivity contribution in [3.63, 3.8) is 0 Å². The largest absolute Gasteiger partial charge is 0.493 e. The Morgan fingerprint density at radius 2 is 1.96 bits per heavy atom. The maximum absolute atomic E-state index is 5.35. The molecule has 0 aliphatic rings. The standard InChI is InChI=1S/C19H28N4O2S.HI/c1-5-20-19(21-11-7-6-8-18-22-14(2)13-26-18)23-15-9-10-16(24-3)17(12-15)25-4;/h9-10,12-13H,5-8,11H2,1-4H3,(H2,20,21,23);1H. The molecule has 0 unspecified atom stereocenters. The second-order valence-corrected chi connectivity index (χ2v) is 6.74. The van der Waals surface area contributed by atoms with Crippen LogP contribution in [0.2, 0.25) is 0 Å². The summed E-state index contributed by atoms with van der Waals surface area (Å²) in [5.41, 5.74) is 2.01. The van der Waals surface area contributed by atoms with Crippen LogP contribution in [0.5, 0.6) is 11.5 Å². The van der Waals surface area contributed by atoms with Crippen LogP contribution >= 0.6 is 35.3 Å². The molecule has 2 N–H and O–H groups in total. The lowest BCUT2D eigenvalue weighted by molar-refractivity contribution is 0.355. The summed E-state index contributed by atoms with van der Waals surface area (Å²) < 4.78 is 10.6. The Morgan fingerprint density at radius 3 is 2.59 bits per heavy atom. The second kappa shape index (κ2) is 12.8. The normalized spacial score (nSPS) is 10.9. The van der Waals surface area contributed by atoms with Gasteiger partial charge in [-0.05, 0) is 45.2 Å². The molecule has 1 aromatic carbocycles. The molecule has 0 fully saturated rings. The number of anilines is 1. The van der Waals surface area contributed by atoms with Gasteiger partial charge in [-0.1, -0.05) is 0 Å². The highest BCUT2D eigenvalue weighted by atomic mass is 127. The van der Waals surface area contributed by atoms with E-state index in [0.717, 1.165) is 49.7 Å².